The zero-order valence-electron chi connectivity index (χ0n) is 13.0. The molecule has 0 aromatic heterocycles. The first kappa shape index (κ1) is 17.2. The fraction of sp³-hybridized carbons (Fsp3) is 0.250. The van der Waals surface area contributed by atoms with Gasteiger partial charge < -0.3 is 9.47 Å². The molecule has 0 bridgehead atoms. The first-order chi connectivity index (χ1) is 11.5. The van der Waals surface area contributed by atoms with Gasteiger partial charge in [0, 0.05) is 6.42 Å². The van der Waals surface area contributed by atoms with Crippen molar-refractivity contribution in [2.24, 2.45) is 0 Å². The van der Waals surface area contributed by atoms with E-state index in [1.165, 1.54) is 13.2 Å². The molecule has 0 spiro atoms. The first-order valence-electron chi connectivity index (χ1n) is 7.17. The van der Waals surface area contributed by atoms with Crippen molar-refractivity contribution >= 4 is 29.9 Å². The lowest BCUT2D eigenvalue weighted by Crippen LogP contribution is -2.51. The van der Waals surface area contributed by atoms with Gasteiger partial charge in [0.1, 0.15) is 11.3 Å². The van der Waals surface area contributed by atoms with Crippen LogP contribution in [0.4, 0.5) is 4.79 Å². The van der Waals surface area contributed by atoms with Crippen LogP contribution in [-0.4, -0.2) is 37.5 Å². The summed E-state index contributed by atoms with van der Waals surface area (Å²) in [7, 11) is 1.33. The molecule has 24 heavy (non-hydrogen) atoms. The molecule has 1 heterocycles. The zero-order chi connectivity index (χ0) is 17.5. The minimum Gasteiger partial charge on any atom is -0.494 e. The van der Waals surface area contributed by atoms with E-state index in [1.807, 2.05) is 10.6 Å². The van der Waals surface area contributed by atoms with Crippen LogP contribution in [0.3, 0.4) is 0 Å². The molecule has 1 aromatic carbocycles. The molecule has 1 saturated heterocycles. The largest absolute Gasteiger partial charge is 0.494 e. The van der Waals surface area contributed by atoms with Crippen LogP contribution in [0.5, 0.6) is 5.75 Å². The Hall–Kier alpha value is -3.16. The van der Waals surface area contributed by atoms with E-state index in [9.17, 15) is 19.2 Å². The molecular formula is C16H16N2O6. The number of carbonyl (C=O) groups excluding carboxylic acids is 4. The second-order valence-electron chi connectivity index (χ2n) is 4.89. The number of hydrogen-bond donors (Lipinski definition) is 2. The predicted octanol–water partition coefficient (Wildman–Crippen LogP) is 0.768. The average Bonchev–Trinajstić information content (AvgIpc) is 2.56. The van der Waals surface area contributed by atoms with Crippen molar-refractivity contribution in [3.63, 3.8) is 0 Å². The molecule has 2 N–H and O–H groups in total. The number of carbonyl (C=O) groups is 4. The molecule has 8 nitrogen and oxygen atoms in total. The van der Waals surface area contributed by atoms with Crippen LogP contribution >= 0.6 is 0 Å². The summed E-state index contributed by atoms with van der Waals surface area (Å²) >= 11 is 0. The lowest BCUT2D eigenvalue weighted by molar-refractivity contribution is -0.140. The molecular weight excluding hydrogens is 316 g/mol. The molecule has 1 fully saturated rings. The molecule has 2 rings (SSSR count). The quantitative estimate of drug-likeness (QED) is 0.344. The minimum atomic E-state index is -0.835. The lowest BCUT2D eigenvalue weighted by atomic mass is 10.1. The van der Waals surface area contributed by atoms with Gasteiger partial charge >= 0.3 is 12.0 Å². The maximum atomic E-state index is 11.6. The van der Waals surface area contributed by atoms with E-state index in [4.69, 9.17) is 4.74 Å². The monoisotopic (exact) mass is 332 g/mol. The summed E-state index contributed by atoms with van der Waals surface area (Å²) in [6, 6.07) is 5.85. The maximum absolute atomic E-state index is 11.6. The maximum Gasteiger partial charge on any atom is 0.328 e. The van der Waals surface area contributed by atoms with Crippen LogP contribution in [0.1, 0.15) is 18.4 Å². The van der Waals surface area contributed by atoms with Gasteiger partial charge in [0.25, 0.3) is 11.8 Å². The number of barbiturate groups is 1. The normalized spacial score (nSPS) is 13.9. The van der Waals surface area contributed by atoms with Gasteiger partial charge in [-0.05, 0) is 30.2 Å². The number of hydrogen-bond acceptors (Lipinski definition) is 6. The van der Waals surface area contributed by atoms with E-state index in [0.29, 0.717) is 24.3 Å². The van der Waals surface area contributed by atoms with E-state index < -0.39 is 17.8 Å². The SMILES string of the molecule is COC(=O)CCCOc1ccc(C=C2C(=O)NC(=O)NC2=O)cc1. The van der Waals surface area contributed by atoms with Gasteiger partial charge in [-0.25, -0.2) is 4.79 Å². The van der Waals surface area contributed by atoms with E-state index in [-0.39, 0.29) is 18.0 Å². The fourth-order valence-electron chi connectivity index (χ4n) is 1.94. The smallest absolute Gasteiger partial charge is 0.328 e. The number of urea groups is 1. The number of methoxy groups -OCH3 is 1. The Morgan fingerprint density at radius 2 is 1.71 bits per heavy atom. The fourth-order valence-corrected chi connectivity index (χ4v) is 1.94. The summed E-state index contributed by atoms with van der Waals surface area (Å²) in [5.74, 6) is -1.18. The standard InChI is InChI=1S/C16H16N2O6/c1-23-13(19)3-2-8-24-11-6-4-10(5-7-11)9-12-14(20)17-16(22)18-15(12)21/h4-7,9H,2-3,8H2,1H3,(H2,17,18,20,21,22). The molecule has 126 valence electrons. The minimum absolute atomic E-state index is 0.152. The number of imide groups is 2. The van der Waals surface area contributed by atoms with Gasteiger partial charge in [0.15, 0.2) is 0 Å². The second-order valence-corrected chi connectivity index (χ2v) is 4.89. The number of esters is 1. The van der Waals surface area contributed by atoms with Crippen LogP contribution in [0.25, 0.3) is 6.08 Å². The summed E-state index contributed by atoms with van der Waals surface area (Å²) in [5.41, 5.74) is 0.452. The van der Waals surface area contributed by atoms with Crippen molar-refractivity contribution in [2.75, 3.05) is 13.7 Å². The third kappa shape index (κ3) is 4.67. The van der Waals surface area contributed by atoms with Crippen molar-refractivity contribution < 1.29 is 28.7 Å². The van der Waals surface area contributed by atoms with Crippen molar-refractivity contribution in [3.05, 3.63) is 35.4 Å². The molecule has 0 unspecified atom stereocenters. The summed E-state index contributed by atoms with van der Waals surface area (Å²) in [5, 5.41) is 4.00. The van der Waals surface area contributed by atoms with Crippen LogP contribution < -0.4 is 15.4 Å². The number of ether oxygens (including phenoxy) is 2. The highest BCUT2D eigenvalue weighted by molar-refractivity contribution is 6.31. The zero-order valence-corrected chi connectivity index (χ0v) is 13.0. The Balaban J connectivity index is 1.93. The molecule has 1 aromatic rings. The van der Waals surface area contributed by atoms with Crippen molar-refractivity contribution in [3.8, 4) is 5.75 Å². The molecule has 8 heteroatoms. The Bertz CT molecular complexity index is 671. The first-order valence-corrected chi connectivity index (χ1v) is 7.17. The Labute approximate surface area is 137 Å². The van der Waals surface area contributed by atoms with Gasteiger partial charge in [-0.1, -0.05) is 12.1 Å². The van der Waals surface area contributed by atoms with Crippen molar-refractivity contribution in [1.82, 2.24) is 10.6 Å². The third-order valence-electron chi connectivity index (χ3n) is 3.16. The molecule has 0 saturated carbocycles. The highest BCUT2D eigenvalue weighted by Gasteiger charge is 2.27. The highest BCUT2D eigenvalue weighted by Crippen LogP contribution is 2.16. The number of nitrogens with one attached hydrogen (secondary N) is 2. The van der Waals surface area contributed by atoms with E-state index in [1.54, 1.807) is 24.3 Å². The molecule has 0 atom stereocenters. The number of rotatable bonds is 6. The predicted molar refractivity (Wildman–Crippen MR) is 82.8 cm³/mol. The average molecular weight is 332 g/mol. The highest BCUT2D eigenvalue weighted by atomic mass is 16.5. The summed E-state index contributed by atoms with van der Waals surface area (Å²) in [6.07, 6.45) is 2.19. The van der Waals surface area contributed by atoms with Crippen LogP contribution in [0.2, 0.25) is 0 Å². The number of benzene rings is 1. The van der Waals surface area contributed by atoms with Crippen LogP contribution in [-0.2, 0) is 19.1 Å². The molecule has 1 aliphatic rings. The summed E-state index contributed by atoms with van der Waals surface area (Å²) in [6.45, 7) is 0.364. The van der Waals surface area contributed by atoms with E-state index in [0.717, 1.165) is 0 Å². The molecule has 0 aliphatic carbocycles. The topological polar surface area (TPSA) is 111 Å². The van der Waals surface area contributed by atoms with E-state index in [2.05, 4.69) is 4.74 Å². The van der Waals surface area contributed by atoms with Gasteiger partial charge in [0.05, 0.1) is 13.7 Å². The molecule has 1 aliphatic heterocycles. The van der Waals surface area contributed by atoms with Gasteiger partial charge in [-0.15, -0.1) is 0 Å². The summed E-state index contributed by atoms with van der Waals surface area (Å²) < 4.78 is 10.00. The van der Waals surface area contributed by atoms with E-state index >= 15 is 0 Å². The third-order valence-corrected chi connectivity index (χ3v) is 3.16. The Kier molecular flexibility index (Phi) is 5.67. The van der Waals surface area contributed by atoms with Gasteiger partial charge in [-0.2, -0.15) is 0 Å². The molecule has 0 radical (unpaired) electrons. The van der Waals surface area contributed by atoms with Gasteiger partial charge in [0.2, 0.25) is 0 Å². The van der Waals surface area contributed by atoms with Crippen LogP contribution in [0.15, 0.2) is 29.8 Å². The van der Waals surface area contributed by atoms with Crippen LogP contribution in [0, 0.1) is 0 Å². The lowest BCUT2D eigenvalue weighted by Gasteiger charge is -2.13. The Morgan fingerprint density at radius 3 is 2.29 bits per heavy atom. The van der Waals surface area contributed by atoms with Gasteiger partial charge in [-0.3, -0.25) is 25.0 Å². The molecule has 4 amide bonds. The second kappa shape index (κ2) is 7.91. The van der Waals surface area contributed by atoms with Crippen molar-refractivity contribution in [2.45, 2.75) is 12.8 Å². The summed E-state index contributed by atoms with van der Waals surface area (Å²) in [4.78, 5) is 45.2. The number of amides is 4. The Morgan fingerprint density at radius 1 is 1.08 bits per heavy atom. The van der Waals surface area contributed by atoms with Crippen molar-refractivity contribution in [1.29, 1.82) is 0 Å².